The first kappa shape index (κ1) is 13.6. The first-order chi connectivity index (χ1) is 8.04. The molecule has 17 heavy (non-hydrogen) atoms. The summed E-state index contributed by atoms with van der Waals surface area (Å²) < 4.78 is 0. The van der Waals surface area contributed by atoms with Crippen molar-refractivity contribution in [3.63, 3.8) is 0 Å². The number of carbonyl (C=O) groups is 1. The van der Waals surface area contributed by atoms with E-state index in [4.69, 9.17) is 17.3 Å². The third kappa shape index (κ3) is 4.10. The zero-order chi connectivity index (χ0) is 12.8. The fraction of sp³-hybridized carbons (Fsp3) is 0.308. The highest BCUT2D eigenvalue weighted by Crippen LogP contribution is 2.23. The standard InChI is InChI=1S/C13H15ClN2O/c1-9(2)13(17)16-12-8-10(4-3-7-15)5-6-11(12)14/h5-6,8-9H,7,15H2,1-2H3,(H,16,17). The number of carbonyl (C=O) groups excluding carboxylic acids is 1. The Labute approximate surface area is 106 Å². The van der Waals surface area contributed by atoms with Crippen molar-refractivity contribution >= 4 is 23.2 Å². The minimum Gasteiger partial charge on any atom is -0.325 e. The predicted molar refractivity (Wildman–Crippen MR) is 70.9 cm³/mol. The normalized spacial score (nSPS) is 9.71. The van der Waals surface area contributed by atoms with Gasteiger partial charge < -0.3 is 11.1 Å². The van der Waals surface area contributed by atoms with Crippen LogP contribution < -0.4 is 11.1 Å². The molecule has 0 unspecified atom stereocenters. The molecule has 0 atom stereocenters. The van der Waals surface area contributed by atoms with Crippen molar-refractivity contribution < 1.29 is 4.79 Å². The second kappa shape index (κ2) is 6.29. The number of nitrogens with two attached hydrogens (primary N) is 1. The molecule has 0 saturated heterocycles. The van der Waals surface area contributed by atoms with Crippen LogP contribution in [0.15, 0.2) is 18.2 Å². The first-order valence-electron chi connectivity index (χ1n) is 5.34. The Hall–Kier alpha value is -1.50. The van der Waals surface area contributed by atoms with Crippen molar-refractivity contribution in [1.82, 2.24) is 0 Å². The lowest BCUT2D eigenvalue weighted by atomic mass is 10.1. The molecular weight excluding hydrogens is 236 g/mol. The number of benzene rings is 1. The molecule has 0 radical (unpaired) electrons. The molecular formula is C13H15ClN2O. The third-order valence-corrected chi connectivity index (χ3v) is 2.41. The highest BCUT2D eigenvalue weighted by atomic mass is 35.5. The maximum atomic E-state index is 11.6. The van der Waals surface area contributed by atoms with Crippen LogP contribution in [0.4, 0.5) is 5.69 Å². The summed E-state index contributed by atoms with van der Waals surface area (Å²) in [6.07, 6.45) is 0. The molecule has 1 aromatic carbocycles. The molecule has 4 heteroatoms. The summed E-state index contributed by atoms with van der Waals surface area (Å²) in [5.74, 6) is 5.47. The van der Waals surface area contributed by atoms with Crippen molar-refractivity contribution in [2.45, 2.75) is 13.8 Å². The van der Waals surface area contributed by atoms with Crippen LogP contribution >= 0.6 is 11.6 Å². The third-order valence-electron chi connectivity index (χ3n) is 2.08. The first-order valence-corrected chi connectivity index (χ1v) is 5.71. The predicted octanol–water partition coefficient (Wildman–Crippen LogP) is 2.24. The van der Waals surface area contributed by atoms with E-state index in [0.29, 0.717) is 17.3 Å². The van der Waals surface area contributed by atoms with E-state index in [1.807, 2.05) is 13.8 Å². The van der Waals surface area contributed by atoms with Gasteiger partial charge in [0.1, 0.15) is 0 Å². The highest BCUT2D eigenvalue weighted by Gasteiger charge is 2.09. The lowest BCUT2D eigenvalue weighted by Gasteiger charge is -2.09. The number of hydrogen-bond donors (Lipinski definition) is 2. The molecule has 0 aliphatic carbocycles. The van der Waals surface area contributed by atoms with Crippen LogP contribution in [0, 0.1) is 17.8 Å². The van der Waals surface area contributed by atoms with Crippen LogP contribution in [0.25, 0.3) is 0 Å². The van der Waals surface area contributed by atoms with Crippen molar-refractivity contribution in [2.24, 2.45) is 11.7 Å². The Kier molecular flexibility index (Phi) is 5.02. The lowest BCUT2D eigenvalue weighted by molar-refractivity contribution is -0.118. The molecule has 0 heterocycles. The molecule has 0 spiro atoms. The maximum absolute atomic E-state index is 11.6. The summed E-state index contributed by atoms with van der Waals surface area (Å²) in [5, 5.41) is 3.25. The smallest absolute Gasteiger partial charge is 0.226 e. The van der Waals surface area contributed by atoms with Gasteiger partial charge in [-0.1, -0.05) is 37.3 Å². The lowest BCUT2D eigenvalue weighted by Crippen LogP contribution is -2.18. The molecule has 0 saturated carbocycles. The zero-order valence-corrected chi connectivity index (χ0v) is 10.6. The summed E-state index contributed by atoms with van der Waals surface area (Å²) in [5.41, 5.74) is 6.65. The van der Waals surface area contributed by atoms with Gasteiger partial charge in [-0.05, 0) is 18.2 Å². The minimum absolute atomic E-state index is 0.0733. The molecule has 3 N–H and O–H groups in total. The zero-order valence-electron chi connectivity index (χ0n) is 9.88. The van der Waals surface area contributed by atoms with Gasteiger partial charge >= 0.3 is 0 Å². The Morgan fingerprint density at radius 1 is 1.53 bits per heavy atom. The van der Waals surface area contributed by atoms with E-state index >= 15 is 0 Å². The van der Waals surface area contributed by atoms with E-state index in [2.05, 4.69) is 17.2 Å². The quantitative estimate of drug-likeness (QED) is 0.791. The van der Waals surface area contributed by atoms with Crippen molar-refractivity contribution in [1.29, 1.82) is 0 Å². The van der Waals surface area contributed by atoms with E-state index in [-0.39, 0.29) is 11.8 Å². The van der Waals surface area contributed by atoms with Crippen LogP contribution in [-0.2, 0) is 4.79 Å². The number of rotatable bonds is 2. The van der Waals surface area contributed by atoms with E-state index in [0.717, 1.165) is 5.56 Å². The van der Waals surface area contributed by atoms with Gasteiger partial charge in [0, 0.05) is 11.5 Å². The van der Waals surface area contributed by atoms with Gasteiger partial charge in [-0.3, -0.25) is 4.79 Å². The number of anilines is 1. The Morgan fingerprint density at radius 3 is 2.82 bits per heavy atom. The minimum atomic E-state index is -0.0927. The fourth-order valence-electron chi connectivity index (χ4n) is 1.13. The summed E-state index contributed by atoms with van der Waals surface area (Å²) in [4.78, 5) is 11.6. The molecule has 0 aliphatic heterocycles. The molecule has 90 valence electrons. The summed E-state index contributed by atoms with van der Waals surface area (Å²) in [6, 6.07) is 5.24. The van der Waals surface area contributed by atoms with Gasteiger partial charge in [0.2, 0.25) is 5.91 Å². The number of amides is 1. The summed E-state index contributed by atoms with van der Waals surface area (Å²) in [6.45, 7) is 3.94. The second-order valence-electron chi connectivity index (χ2n) is 3.84. The van der Waals surface area contributed by atoms with Crippen LogP contribution in [0.3, 0.4) is 0 Å². The van der Waals surface area contributed by atoms with Gasteiger partial charge in [-0.25, -0.2) is 0 Å². The monoisotopic (exact) mass is 250 g/mol. The van der Waals surface area contributed by atoms with Gasteiger partial charge in [0.05, 0.1) is 17.3 Å². The average Bonchev–Trinajstić information content (AvgIpc) is 2.29. The molecule has 0 aromatic heterocycles. The van der Waals surface area contributed by atoms with E-state index < -0.39 is 0 Å². The molecule has 3 nitrogen and oxygen atoms in total. The molecule has 0 aliphatic rings. The van der Waals surface area contributed by atoms with Crippen LogP contribution in [-0.4, -0.2) is 12.5 Å². The molecule has 1 rings (SSSR count). The molecule has 0 bridgehead atoms. The van der Waals surface area contributed by atoms with Crippen molar-refractivity contribution in [2.75, 3.05) is 11.9 Å². The highest BCUT2D eigenvalue weighted by molar-refractivity contribution is 6.33. The van der Waals surface area contributed by atoms with Gasteiger partial charge in [0.15, 0.2) is 0 Å². The average molecular weight is 251 g/mol. The Balaban J connectivity index is 2.94. The summed E-state index contributed by atoms with van der Waals surface area (Å²) >= 11 is 5.99. The van der Waals surface area contributed by atoms with Gasteiger partial charge in [0.25, 0.3) is 0 Å². The molecule has 0 fully saturated rings. The van der Waals surface area contributed by atoms with Gasteiger partial charge in [-0.2, -0.15) is 0 Å². The Morgan fingerprint density at radius 2 is 2.24 bits per heavy atom. The second-order valence-corrected chi connectivity index (χ2v) is 4.25. The van der Waals surface area contributed by atoms with E-state index in [1.165, 1.54) is 0 Å². The number of halogens is 1. The number of hydrogen-bond acceptors (Lipinski definition) is 2. The molecule has 1 amide bonds. The number of nitrogens with one attached hydrogen (secondary N) is 1. The van der Waals surface area contributed by atoms with Crippen LogP contribution in [0.1, 0.15) is 19.4 Å². The van der Waals surface area contributed by atoms with E-state index in [9.17, 15) is 4.79 Å². The Bertz CT molecular complexity index is 472. The largest absolute Gasteiger partial charge is 0.325 e. The maximum Gasteiger partial charge on any atom is 0.226 e. The van der Waals surface area contributed by atoms with Crippen LogP contribution in [0.5, 0.6) is 0 Å². The van der Waals surface area contributed by atoms with Crippen LogP contribution in [0.2, 0.25) is 5.02 Å². The van der Waals surface area contributed by atoms with Gasteiger partial charge in [-0.15, -0.1) is 0 Å². The fourth-order valence-corrected chi connectivity index (χ4v) is 1.29. The van der Waals surface area contributed by atoms with Crippen molar-refractivity contribution in [3.05, 3.63) is 28.8 Å². The van der Waals surface area contributed by atoms with Crippen molar-refractivity contribution in [3.8, 4) is 11.8 Å². The molecule has 1 aromatic rings. The topological polar surface area (TPSA) is 55.1 Å². The SMILES string of the molecule is CC(C)C(=O)Nc1cc(C#CCN)ccc1Cl. The summed E-state index contributed by atoms with van der Waals surface area (Å²) in [7, 11) is 0. The van der Waals surface area contributed by atoms with E-state index in [1.54, 1.807) is 18.2 Å².